The van der Waals surface area contributed by atoms with E-state index in [4.69, 9.17) is 4.42 Å². The van der Waals surface area contributed by atoms with Crippen molar-refractivity contribution in [2.45, 2.75) is 0 Å². The first kappa shape index (κ1) is 8.27. The van der Waals surface area contributed by atoms with Crippen LogP contribution in [0.3, 0.4) is 0 Å². The van der Waals surface area contributed by atoms with Crippen molar-refractivity contribution in [2.75, 3.05) is 12.5 Å². The Morgan fingerprint density at radius 2 is 2.36 bits per heavy atom. The molecule has 1 aromatic heterocycles. The normalized spacial score (nSPS) is 10.1. The zero-order valence-electron chi connectivity index (χ0n) is 6.53. The molecule has 0 fully saturated rings. The summed E-state index contributed by atoms with van der Waals surface area (Å²) in [4.78, 5) is 11.2. The highest BCUT2D eigenvalue weighted by Gasteiger charge is 2.03. The van der Waals surface area contributed by atoms with Crippen LogP contribution in [0.1, 0.15) is 10.6 Å². The molecular weight excluding hydrogens is 160 g/mol. The SMILES string of the molecule is CS(C)=CC(=O)c1ccco1. The fraction of sp³-hybridized carbons (Fsp3) is 0.250. The summed E-state index contributed by atoms with van der Waals surface area (Å²) in [7, 11) is 0.0352. The molecule has 0 aliphatic heterocycles. The van der Waals surface area contributed by atoms with E-state index in [2.05, 4.69) is 0 Å². The second-order valence-corrected chi connectivity index (χ2v) is 4.33. The molecule has 1 heterocycles. The Morgan fingerprint density at radius 1 is 1.64 bits per heavy atom. The molecule has 0 aromatic carbocycles. The number of furan rings is 1. The van der Waals surface area contributed by atoms with Gasteiger partial charge < -0.3 is 4.42 Å². The van der Waals surface area contributed by atoms with Crippen molar-refractivity contribution in [3.05, 3.63) is 24.2 Å². The molecule has 0 saturated heterocycles. The van der Waals surface area contributed by atoms with Crippen LogP contribution in [-0.4, -0.2) is 23.7 Å². The average molecular weight is 170 g/mol. The van der Waals surface area contributed by atoms with Crippen LogP contribution in [0.5, 0.6) is 0 Å². The maximum Gasteiger partial charge on any atom is 0.226 e. The zero-order valence-corrected chi connectivity index (χ0v) is 7.35. The van der Waals surface area contributed by atoms with E-state index in [1.54, 1.807) is 17.5 Å². The van der Waals surface area contributed by atoms with E-state index in [9.17, 15) is 4.79 Å². The minimum Gasteiger partial charge on any atom is -0.461 e. The smallest absolute Gasteiger partial charge is 0.226 e. The van der Waals surface area contributed by atoms with Crippen molar-refractivity contribution in [1.29, 1.82) is 0 Å². The molecule has 0 radical (unpaired) electrons. The van der Waals surface area contributed by atoms with Gasteiger partial charge in [0.2, 0.25) is 5.78 Å². The number of rotatable bonds is 2. The van der Waals surface area contributed by atoms with Gasteiger partial charge in [0.25, 0.3) is 0 Å². The third-order valence-electron chi connectivity index (χ3n) is 1.11. The second kappa shape index (κ2) is 3.53. The van der Waals surface area contributed by atoms with E-state index in [1.165, 1.54) is 6.26 Å². The summed E-state index contributed by atoms with van der Waals surface area (Å²) in [6.45, 7) is 0. The quantitative estimate of drug-likeness (QED) is 0.500. The highest BCUT2D eigenvalue weighted by atomic mass is 32.2. The van der Waals surface area contributed by atoms with E-state index >= 15 is 0 Å². The van der Waals surface area contributed by atoms with Crippen LogP contribution >= 0.6 is 10.5 Å². The summed E-state index contributed by atoms with van der Waals surface area (Å²) in [5, 5.41) is 1.67. The van der Waals surface area contributed by atoms with Gasteiger partial charge in [-0.05, 0) is 24.6 Å². The fourth-order valence-electron chi connectivity index (χ4n) is 0.691. The summed E-state index contributed by atoms with van der Waals surface area (Å²) in [6.07, 6.45) is 5.48. The Balaban J connectivity index is 2.80. The van der Waals surface area contributed by atoms with Gasteiger partial charge in [0.1, 0.15) is 0 Å². The Kier molecular flexibility index (Phi) is 2.65. The number of ketones is 1. The summed E-state index contributed by atoms with van der Waals surface area (Å²) >= 11 is 0. The van der Waals surface area contributed by atoms with E-state index in [0.29, 0.717) is 5.76 Å². The number of hydrogen-bond donors (Lipinski definition) is 0. The predicted octanol–water partition coefficient (Wildman–Crippen LogP) is 1.79. The fourth-order valence-corrected chi connectivity index (χ4v) is 1.24. The molecule has 0 aliphatic carbocycles. The Bertz CT molecular complexity index is 268. The number of carbonyl (C=O) groups is 1. The van der Waals surface area contributed by atoms with Crippen molar-refractivity contribution in [3.8, 4) is 0 Å². The van der Waals surface area contributed by atoms with Gasteiger partial charge in [-0.25, -0.2) is 0 Å². The van der Waals surface area contributed by atoms with E-state index in [1.807, 2.05) is 12.5 Å². The van der Waals surface area contributed by atoms with E-state index in [0.717, 1.165) is 0 Å². The van der Waals surface area contributed by atoms with Gasteiger partial charge in [-0.3, -0.25) is 4.79 Å². The minimum absolute atomic E-state index is 0.0247. The van der Waals surface area contributed by atoms with Crippen LogP contribution in [0.2, 0.25) is 0 Å². The molecule has 0 atom stereocenters. The Morgan fingerprint density at radius 3 is 2.82 bits per heavy atom. The summed E-state index contributed by atoms with van der Waals surface area (Å²) in [5.41, 5.74) is 0. The molecule has 0 spiro atoms. The van der Waals surface area contributed by atoms with Gasteiger partial charge in [0, 0.05) is 5.37 Å². The molecule has 60 valence electrons. The summed E-state index contributed by atoms with van der Waals surface area (Å²) < 4.78 is 4.92. The number of Topliss-reactive ketones (excluding diaryl/α,β-unsaturated/α-hetero) is 1. The topological polar surface area (TPSA) is 30.2 Å². The van der Waals surface area contributed by atoms with Crippen LogP contribution in [0, 0.1) is 0 Å². The van der Waals surface area contributed by atoms with Crippen molar-refractivity contribution < 1.29 is 9.21 Å². The number of hydrogen-bond acceptors (Lipinski definition) is 2. The van der Waals surface area contributed by atoms with Gasteiger partial charge in [0.05, 0.1) is 6.26 Å². The van der Waals surface area contributed by atoms with Crippen molar-refractivity contribution >= 4 is 21.6 Å². The van der Waals surface area contributed by atoms with E-state index < -0.39 is 0 Å². The Hall–Kier alpha value is -0.830. The molecule has 1 rings (SSSR count). The molecule has 0 saturated carbocycles. The van der Waals surface area contributed by atoms with Crippen molar-refractivity contribution in [1.82, 2.24) is 0 Å². The monoisotopic (exact) mass is 170 g/mol. The van der Waals surface area contributed by atoms with Gasteiger partial charge in [-0.2, -0.15) is 10.5 Å². The molecule has 3 heteroatoms. The third-order valence-corrected chi connectivity index (χ3v) is 1.79. The molecule has 1 aromatic rings. The lowest BCUT2D eigenvalue weighted by Gasteiger charge is -1.89. The maximum atomic E-state index is 11.2. The highest BCUT2D eigenvalue weighted by Crippen LogP contribution is 2.03. The minimum atomic E-state index is -0.0247. The zero-order chi connectivity index (χ0) is 8.27. The molecule has 0 bridgehead atoms. The second-order valence-electron chi connectivity index (χ2n) is 2.34. The molecule has 0 unspecified atom stereocenters. The molecule has 0 amide bonds. The first-order valence-corrected chi connectivity index (χ1v) is 5.29. The lowest BCUT2D eigenvalue weighted by atomic mass is 10.3. The molecular formula is C8H10O2S. The van der Waals surface area contributed by atoms with Crippen LogP contribution in [0.15, 0.2) is 22.8 Å². The van der Waals surface area contributed by atoms with Gasteiger partial charge >= 0.3 is 0 Å². The molecule has 0 N–H and O–H groups in total. The van der Waals surface area contributed by atoms with Gasteiger partial charge in [0.15, 0.2) is 5.76 Å². The standard InChI is InChI=1S/C8H10O2S/c1-11(2)6-7(9)8-4-3-5-10-8/h3-6H,1-2H3. The van der Waals surface area contributed by atoms with E-state index in [-0.39, 0.29) is 16.3 Å². The van der Waals surface area contributed by atoms with Gasteiger partial charge in [-0.1, -0.05) is 0 Å². The Labute approximate surface area is 68.1 Å². The number of carbonyl (C=O) groups excluding carboxylic acids is 1. The molecule has 0 aliphatic rings. The van der Waals surface area contributed by atoms with Crippen LogP contribution in [0.25, 0.3) is 0 Å². The molecule has 2 nitrogen and oxygen atoms in total. The first-order valence-electron chi connectivity index (χ1n) is 3.19. The summed E-state index contributed by atoms with van der Waals surface area (Å²) in [6, 6.07) is 3.39. The first-order chi connectivity index (χ1) is 5.20. The van der Waals surface area contributed by atoms with Crippen LogP contribution in [0.4, 0.5) is 0 Å². The average Bonchev–Trinajstić information content (AvgIpc) is 2.35. The van der Waals surface area contributed by atoms with Crippen LogP contribution in [-0.2, 0) is 0 Å². The van der Waals surface area contributed by atoms with Crippen molar-refractivity contribution in [2.24, 2.45) is 0 Å². The lowest BCUT2D eigenvalue weighted by molar-refractivity contribution is 0.104. The summed E-state index contributed by atoms with van der Waals surface area (Å²) in [5.74, 6) is 0.398. The third kappa shape index (κ3) is 2.35. The molecule has 11 heavy (non-hydrogen) atoms. The predicted molar refractivity (Wildman–Crippen MR) is 48.5 cm³/mol. The lowest BCUT2D eigenvalue weighted by Crippen LogP contribution is -1.97. The van der Waals surface area contributed by atoms with Gasteiger partial charge in [-0.15, -0.1) is 0 Å². The van der Waals surface area contributed by atoms with Crippen LogP contribution < -0.4 is 0 Å². The maximum absolute atomic E-state index is 11.2. The van der Waals surface area contributed by atoms with Crippen molar-refractivity contribution in [3.63, 3.8) is 0 Å². The highest BCUT2D eigenvalue weighted by molar-refractivity contribution is 8.14. The largest absolute Gasteiger partial charge is 0.461 e.